The van der Waals surface area contributed by atoms with Crippen LogP contribution in [-0.4, -0.2) is 21.6 Å². The van der Waals surface area contributed by atoms with Gasteiger partial charge in [-0.1, -0.05) is 24.8 Å². The lowest BCUT2D eigenvalue weighted by Crippen LogP contribution is -2.17. The first-order valence-corrected chi connectivity index (χ1v) is 6.76. The monoisotopic (exact) mass is 293 g/mol. The van der Waals surface area contributed by atoms with Crippen LogP contribution >= 0.6 is 0 Å². The van der Waals surface area contributed by atoms with Crippen LogP contribution in [0.2, 0.25) is 0 Å². The molecular weight excluding hydrogens is 278 g/mol. The number of pyridine rings is 1. The van der Waals surface area contributed by atoms with Crippen LogP contribution in [0.15, 0.2) is 48.3 Å². The largest absolute Gasteiger partial charge is 0.496 e. The molecule has 3 rings (SSSR count). The maximum Gasteiger partial charge on any atom is 0.261 e. The predicted octanol–water partition coefficient (Wildman–Crippen LogP) is 2.65. The van der Waals surface area contributed by atoms with E-state index >= 15 is 0 Å². The number of nitrogens with zero attached hydrogens (tertiary/aromatic N) is 3. The van der Waals surface area contributed by atoms with Gasteiger partial charge in [0.25, 0.3) is 5.56 Å². The van der Waals surface area contributed by atoms with Gasteiger partial charge in [-0.3, -0.25) is 4.79 Å². The van der Waals surface area contributed by atoms with Gasteiger partial charge < -0.3 is 9.30 Å². The van der Waals surface area contributed by atoms with Crippen molar-refractivity contribution < 1.29 is 4.74 Å². The zero-order valence-electron chi connectivity index (χ0n) is 12.4. The molecule has 0 saturated carbocycles. The van der Waals surface area contributed by atoms with E-state index in [-0.39, 0.29) is 5.56 Å². The predicted molar refractivity (Wildman–Crippen MR) is 86.9 cm³/mol. The zero-order valence-corrected chi connectivity index (χ0v) is 12.4. The average Bonchev–Trinajstić information content (AvgIpc) is 2.57. The van der Waals surface area contributed by atoms with Crippen molar-refractivity contribution in [1.82, 2.24) is 14.5 Å². The zero-order chi connectivity index (χ0) is 15.7. The Kier molecular flexibility index (Phi) is 3.47. The molecule has 5 heteroatoms. The van der Waals surface area contributed by atoms with Gasteiger partial charge in [0.05, 0.1) is 18.0 Å². The molecule has 0 amide bonds. The van der Waals surface area contributed by atoms with Crippen LogP contribution in [0, 0.1) is 0 Å². The lowest BCUT2D eigenvalue weighted by molar-refractivity contribution is 0.414. The topological polar surface area (TPSA) is 57.0 Å². The molecule has 0 aliphatic heterocycles. The van der Waals surface area contributed by atoms with E-state index in [9.17, 15) is 4.79 Å². The Balaban J connectivity index is 2.33. The summed E-state index contributed by atoms with van der Waals surface area (Å²) < 4.78 is 6.93. The number of hydrogen-bond donors (Lipinski definition) is 0. The molecule has 0 aliphatic rings. The summed E-state index contributed by atoms with van der Waals surface area (Å²) in [4.78, 5) is 20.4. The van der Waals surface area contributed by atoms with Crippen LogP contribution < -0.4 is 10.3 Å². The molecule has 0 fully saturated rings. The van der Waals surface area contributed by atoms with Crippen molar-refractivity contribution >= 4 is 17.0 Å². The molecule has 0 atom stereocenters. The standard InChI is InChI=1S/C17H15N3O2/c1-4-11-5-6-12(7-15(11)22-3)14-9-20(2)17(21)13-8-18-10-19-16(13)14/h4-10H,1H2,2-3H3. The smallest absolute Gasteiger partial charge is 0.261 e. The summed E-state index contributed by atoms with van der Waals surface area (Å²) in [6.45, 7) is 3.77. The van der Waals surface area contributed by atoms with E-state index in [0.29, 0.717) is 10.9 Å². The average molecular weight is 293 g/mol. The Morgan fingerprint density at radius 1 is 1.36 bits per heavy atom. The van der Waals surface area contributed by atoms with Gasteiger partial charge in [0.15, 0.2) is 0 Å². The van der Waals surface area contributed by atoms with Gasteiger partial charge in [0.1, 0.15) is 12.1 Å². The number of hydrogen-bond acceptors (Lipinski definition) is 4. The first-order chi connectivity index (χ1) is 10.7. The summed E-state index contributed by atoms with van der Waals surface area (Å²) in [6, 6.07) is 5.80. The lowest BCUT2D eigenvalue weighted by Gasteiger charge is -2.11. The van der Waals surface area contributed by atoms with E-state index in [2.05, 4.69) is 16.5 Å². The van der Waals surface area contributed by atoms with E-state index in [1.807, 2.05) is 18.2 Å². The summed E-state index contributed by atoms with van der Waals surface area (Å²) >= 11 is 0. The molecule has 0 N–H and O–H groups in total. The third-order valence-electron chi connectivity index (χ3n) is 3.61. The minimum atomic E-state index is -0.117. The second kappa shape index (κ2) is 5.44. The second-order valence-corrected chi connectivity index (χ2v) is 4.90. The van der Waals surface area contributed by atoms with Crippen LogP contribution in [-0.2, 0) is 7.05 Å². The fraction of sp³-hybridized carbons (Fsp3) is 0.118. The Hall–Kier alpha value is -2.95. The molecule has 2 heterocycles. The normalized spacial score (nSPS) is 10.6. The second-order valence-electron chi connectivity index (χ2n) is 4.90. The molecular formula is C17H15N3O2. The maximum absolute atomic E-state index is 12.2. The van der Waals surface area contributed by atoms with E-state index in [4.69, 9.17) is 4.74 Å². The van der Waals surface area contributed by atoms with Crippen molar-refractivity contribution in [3.63, 3.8) is 0 Å². The van der Waals surface area contributed by atoms with Gasteiger partial charge in [-0.2, -0.15) is 0 Å². The molecule has 0 saturated heterocycles. The van der Waals surface area contributed by atoms with E-state index in [0.717, 1.165) is 22.4 Å². The minimum absolute atomic E-state index is 0.117. The van der Waals surface area contributed by atoms with Crippen molar-refractivity contribution in [2.24, 2.45) is 7.05 Å². The first-order valence-electron chi connectivity index (χ1n) is 6.76. The maximum atomic E-state index is 12.2. The molecule has 0 aliphatic carbocycles. The Bertz CT molecular complexity index is 929. The van der Waals surface area contributed by atoms with E-state index < -0.39 is 0 Å². The van der Waals surface area contributed by atoms with Crippen LogP contribution in [0.3, 0.4) is 0 Å². The highest BCUT2D eigenvalue weighted by Crippen LogP contribution is 2.30. The Labute approximate surface area is 127 Å². The minimum Gasteiger partial charge on any atom is -0.496 e. The van der Waals surface area contributed by atoms with Crippen molar-refractivity contribution in [2.75, 3.05) is 7.11 Å². The molecule has 0 bridgehead atoms. The summed E-state index contributed by atoms with van der Waals surface area (Å²) in [5.41, 5.74) is 3.20. The molecule has 3 aromatic rings. The van der Waals surface area contributed by atoms with Crippen LogP contribution in [0.5, 0.6) is 5.75 Å². The summed E-state index contributed by atoms with van der Waals surface area (Å²) in [5.74, 6) is 0.726. The number of methoxy groups -OCH3 is 1. The van der Waals surface area contributed by atoms with Crippen LogP contribution in [0.1, 0.15) is 5.56 Å². The van der Waals surface area contributed by atoms with Crippen molar-refractivity contribution in [3.8, 4) is 16.9 Å². The Morgan fingerprint density at radius 3 is 2.91 bits per heavy atom. The van der Waals surface area contributed by atoms with E-state index in [1.54, 1.807) is 32.6 Å². The highest BCUT2D eigenvalue weighted by molar-refractivity contribution is 5.92. The van der Waals surface area contributed by atoms with Crippen LogP contribution in [0.4, 0.5) is 0 Å². The molecule has 22 heavy (non-hydrogen) atoms. The van der Waals surface area contributed by atoms with Gasteiger partial charge in [0.2, 0.25) is 0 Å². The SMILES string of the molecule is C=Cc1ccc(-c2cn(C)c(=O)c3cncnc23)cc1OC. The van der Waals surface area contributed by atoms with Gasteiger partial charge >= 0.3 is 0 Å². The number of aromatic nitrogens is 3. The highest BCUT2D eigenvalue weighted by atomic mass is 16.5. The van der Waals surface area contributed by atoms with Gasteiger partial charge in [0, 0.05) is 30.6 Å². The summed E-state index contributed by atoms with van der Waals surface area (Å²) in [7, 11) is 3.33. The quantitative estimate of drug-likeness (QED) is 0.745. The molecule has 0 radical (unpaired) electrons. The Morgan fingerprint density at radius 2 is 2.18 bits per heavy atom. The number of rotatable bonds is 3. The van der Waals surface area contributed by atoms with Crippen molar-refractivity contribution in [1.29, 1.82) is 0 Å². The van der Waals surface area contributed by atoms with Gasteiger partial charge in [-0.05, 0) is 11.6 Å². The fourth-order valence-corrected chi connectivity index (χ4v) is 2.46. The first kappa shape index (κ1) is 14.0. The number of ether oxygens (including phenoxy) is 1. The van der Waals surface area contributed by atoms with Crippen LogP contribution in [0.25, 0.3) is 28.1 Å². The van der Waals surface area contributed by atoms with Crippen molar-refractivity contribution in [2.45, 2.75) is 0 Å². The number of aryl methyl sites for hydroxylation is 1. The van der Waals surface area contributed by atoms with Gasteiger partial charge in [-0.25, -0.2) is 9.97 Å². The third kappa shape index (κ3) is 2.16. The molecule has 110 valence electrons. The van der Waals surface area contributed by atoms with Gasteiger partial charge in [-0.15, -0.1) is 0 Å². The fourth-order valence-electron chi connectivity index (χ4n) is 2.46. The lowest BCUT2D eigenvalue weighted by atomic mass is 10.0. The molecule has 0 spiro atoms. The molecule has 5 nitrogen and oxygen atoms in total. The third-order valence-corrected chi connectivity index (χ3v) is 3.61. The summed E-state index contributed by atoms with van der Waals surface area (Å²) in [5, 5.41) is 0.495. The molecule has 0 unspecified atom stereocenters. The molecule has 1 aromatic carbocycles. The van der Waals surface area contributed by atoms with Crippen molar-refractivity contribution in [3.05, 3.63) is 59.4 Å². The summed E-state index contributed by atoms with van der Waals surface area (Å²) in [6.07, 6.45) is 6.51. The number of fused-ring (bicyclic) bond motifs is 1. The highest BCUT2D eigenvalue weighted by Gasteiger charge is 2.12. The number of benzene rings is 1. The molecule has 2 aromatic heterocycles. The van der Waals surface area contributed by atoms with E-state index in [1.165, 1.54) is 10.9 Å².